The number of nitrogen functional groups attached to an aromatic ring is 1. The minimum Gasteiger partial charge on any atom is -0.397 e. The Kier molecular flexibility index (Phi) is 5.15. The van der Waals surface area contributed by atoms with E-state index in [-0.39, 0.29) is 28.1 Å². The zero-order chi connectivity index (χ0) is 14.6. The monoisotopic (exact) mass is 305 g/mol. The van der Waals surface area contributed by atoms with Crippen LogP contribution in [0.3, 0.4) is 0 Å². The number of thioether (sulfide) groups is 1. The molecule has 1 unspecified atom stereocenters. The summed E-state index contributed by atoms with van der Waals surface area (Å²) in [7, 11) is -3.75. The number of rotatable bonds is 6. The molecule has 0 spiro atoms. The van der Waals surface area contributed by atoms with E-state index in [0.29, 0.717) is 0 Å². The van der Waals surface area contributed by atoms with Gasteiger partial charge >= 0.3 is 0 Å². The second kappa shape index (κ2) is 6.22. The number of nitrogens with one attached hydrogen (secondary N) is 1. The summed E-state index contributed by atoms with van der Waals surface area (Å²) in [6.07, 6.45) is 1.87. The van der Waals surface area contributed by atoms with E-state index >= 15 is 0 Å². The summed E-state index contributed by atoms with van der Waals surface area (Å²) in [4.78, 5) is 9.77. The van der Waals surface area contributed by atoms with Crippen molar-refractivity contribution in [3.8, 4) is 0 Å². The van der Waals surface area contributed by atoms with Crippen LogP contribution in [0.15, 0.2) is 23.1 Å². The van der Waals surface area contributed by atoms with Crippen LogP contribution in [-0.2, 0) is 10.0 Å². The maximum atomic E-state index is 12.0. The first-order chi connectivity index (χ1) is 8.77. The van der Waals surface area contributed by atoms with Crippen molar-refractivity contribution < 1.29 is 13.3 Å². The maximum Gasteiger partial charge on any atom is 0.271 e. The van der Waals surface area contributed by atoms with E-state index < -0.39 is 14.9 Å². The molecule has 0 aromatic heterocycles. The lowest BCUT2D eigenvalue weighted by molar-refractivity contribution is -0.384. The average molecular weight is 305 g/mol. The van der Waals surface area contributed by atoms with Gasteiger partial charge in [-0.25, -0.2) is 13.1 Å². The van der Waals surface area contributed by atoms with E-state index in [1.54, 1.807) is 0 Å². The molecule has 1 atom stereocenters. The molecule has 0 fully saturated rings. The number of hydrogen-bond donors (Lipinski definition) is 2. The first kappa shape index (κ1) is 15.7. The van der Waals surface area contributed by atoms with Crippen LogP contribution in [0.25, 0.3) is 0 Å². The summed E-state index contributed by atoms with van der Waals surface area (Å²) in [5, 5.41) is 10.7. The fourth-order valence-electron chi connectivity index (χ4n) is 1.28. The number of nitrogens with zero attached hydrogens (tertiary/aromatic N) is 1. The first-order valence-corrected chi connectivity index (χ1v) is 8.11. The lowest BCUT2D eigenvalue weighted by Gasteiger charge is -2.11. The molecule has 9 heteroatoms. The molecule has 0 saturated carbocycles. The number of nitrogens with two attached hydrogens (primary N) is 1. The smallest absolute Gasteiger partial charge is 0.271 e. The number of non-ortho nitro benzene ring substituents is 1. The molecular formula is C10H15N3O4S2. The quantitative estimate of drug-likeness (QED) is 0.463. The Morgan fingerprint density at radius 3 is 2.63 bits per heavy atom. The number of sulfonamides is 1. The Morgan fingerprint density at radius 1 is 1.53 bits per heavy atom. The van der Waals surface area contributed by atoms with Gasteiger partial charge in [0.1, 0.15) is 4.90 Å². The lowest BCUT2D eigenvalue weighted by Crippen LogP contribution is -2.30. The van der Waals surface area contributed by atoms with Crippen molar-refractivity contribution in [3.63, 3.8) is 0 Å². The van der Waals surface area contributed by atoms with Gasteiger partial charge in [-0.2, -0.15) is 11.8 Å². The van der Waals surface area contributed by atoms with Crippen molar-refractivity contribution in [1.82, 2.24) is 4.72 Å². The third-order valence-electron chi connectivity index (χ3n) is 2.46. The molecule has 1 aromatic carbocycles. The van der Waals surface area contributed by atoms with Crippen LogP contribution in [-0.4, -0.2) is 31.4 Å². The molecule has 19 heavy (non-hydrogen) atoms. The van der Waals surface area contributed by atoms with E-state index in [9.17, 15) is 18.5 Å². The molecule has 1 rings (SSSR count). The van der Waals surface area contributed by atoms with Gasteiger partial charge in [-0.3, -0.25) is 10.1 Å². The van der Waals surface area contributed by atoms with Crippen LogP contribution in [0.4, 0.5) is 11.4 Å². The average Bonchev–Trinajstić information content (AvgIpc) is 2.35. The Morgan fingerprint density at radius 2 is 2.16 bits per heavy atom. The van der Waals surface area contributed by atoms with Gasteiger partial charge in [0.05, 0.1) is 10.6 Å². The molecule has 7 nitrogen and oxygen atoms in total. The molecule has 1 aromatic rings. The molecule has 106 valence electrons. The van der Waals surface area contributed by atoms with E-state index in [0.717, 1.165) is 18.2 Å². The van der Waals surface area contributed by atoms with Crippen molar-refractivity contribution in [2.45, 2.75) is 17.1 Å². The van der Waals surface area contributed by atoms with E-state index in [2.05, 4.69) is 4.72 Å². The van der Waals surface area contributed by atoms with Crippen LogP contribution in [0.2, 0.25) is 0 Å². The van der Waals surface area contributed by atoms with Gasteiger partial charge in [0.2, 0.25) is 10.0 Å². The number of hydrogen-bond acceptors (Lipinski definition) is 6. The van der Waals surface area contributed by atoms with Crippen LogP contribution < -0.4 is 10.5 Å². The van der Waals surface area contributed by atoms with Crippen molar-refractivity contribution in [3.05, 3.63) is 28.3 Å². The van der Waals surface area contributed by atoms with Gasteiger partial charge in [0.25, 0.3) is 5.69 Å². The predicted molar refractivity (Wildman–Crippen MR) is 75.7 cm³/mol. The summed E-state index contributed by atoms with van der Waals surface area (Å²) in [6, 6.07) is 3.29. The Bertz CT molecular complexity index is 574. The summed E-state index contributed by atoms with van der Waals surface area (Å²) in [5.41, 5.74) is 5.17. The summed E-state index contributed by atoms with van der Waals surface area (Å²) in [6.45, 7) is 2.15. The molecule has 0 aliphatic heterocycles. The largest absolute Gasteiger partial charge is 0.397 e. The molecule has 0 heterocycles. The molecule has 0 amide bonds. The highest BCUT2D eigenvalue weighted by Gasteiger charge is 2.20. The Labute approximate surface area is 115 Å². The predicted octanol–water partition coefficient (Wildman–Crippen LogP) is 1.21. The van der Waals surface area contributed by atoms with Crippen LogP contribution in [0.1, 0.15) is 6.92 Å². The van der Waals surface area contributed by atoms with Crippen LogP contribution in [0, 0.1) is 10.1 Å². The minimum absolute atomic E-state index is 0.119. The lowest BCUT2D eigenvalue weighted by atomic mass is 10.3. The third-order valence-corrected chi connectivity index (χ3v) is 4.93. The first-order valence-electron chi connectivity index (χ1n) is 5.34. The van der Waals surface area contributed by atoms with Crippen LogP contribution >= 0.6 is 11.8 Å². The highest BCUT2D eigenvalue weighted by Crippen LogP contribution is 2.23. The topological polar surface area (TPSA) is 115 Å². The molecule has 3 N–H and O–H groups in total. The van der Waals surface area contributed by atoms with Crippen molar-refractivity contribution >= 4 is 33.2 Å². The normalized spacial score (nSPS) is 13.2. The summed E-state index contributed by atoms with van der Waals surface area (Å²) < 4.78 is 26.4. The van der Waals surface area contributed by atoms with E-state index in [4.69, 9.17) is 5.73 Å². The molecule has 0 aliphatic rings. The number of anilines is 1. The van der Waals surface area contributed by atoms with Crippen molar-refractivity contribution in [2.75, 3.05) is 18.5 Å². The number of nitro benzene ring substituents is 1. The Hall–Kier alpha value is -1.32. The molecule has 0 radical (unpaired) electrons. The van der Waals surface area contributed by atoms with E-state index in [1.165, 1.54) is 11.8 Å². The fraction of sp³-hybridized carbons (Fsp3) is 0.400. The Balaban J connectivity index is 2.99. The summed E-state index contributed by atoms with van der Waals surface area (Å²) in [5.74, 6) is 0. The standard InChI is InChI=1S/C10H15N3O4S2/c1-7(18-2)6-12-19(16,17)10-4-3-8(13(14)15)5-9(10)11/h3-5,7,12H,6,11H2,1-2H3. The fourth-order valence-corrected chi connectivity index (χ4v) is 2.88. The van der Waals surface area contributed by atoms with Crippen molar-refractivity contribution in [2.24, 2.45) is 0 Å². The van der Waals surface area contributed by atoms with Crippen molar-refractivity contribution in [1.29, 1.82) is 0 Å². The van der Waals surface area contributed by atoms with Gasteiger partial charge in [0.15, 0.2) is 0 Å². The highest BCUT2D eigenvalue weighted by atomic mass is 32.2. The van der Waals surface area contributed by atoms with Gasteiger partial charge in [-0.05, 0) is 12.3 Å². The zero-order valence-electron chi connectivity index (χ0n) is 10.5. The number of benzene rings is 1. The summed E-state index contributed by atoms with van der Waals surface area (Å²) >= 11 is 1.52. The second-order valence-electron chi connectivity index (χ2n) is 3.88. The molecular weight excluding hydrogens is 290 g/mol. The van der Waals surface area contributed by atoms with Gasteiger partial charge in [-0.15, -0.1) is 0 Å². The van der Waals surface area contributed by atoms with Crippen LogP contribution in [0.5, 0.6) is 0 Å². The minimum atomic E-state index is -3.75. The molecule has 0 aliphatic carbocycles. The van der Waals surface area contributed by atoms with E-state index in [1.807, 2.05) is 13.2 Å². The molecule has 0 bridgehead atoms. The zero-order valence-corrected chi connectivity index (χ0v) is 12.1. The van der Waals surface area contributed by atoms with Gasteiger partial charge in [-0.1, -0.05) is 6.92 Å². The SMILES string of the molecule is CSC(C)CNS(=O)(=O)c1ccc([N+](=O)[O-])cc1N. The molecule has 0 saturated heterocycles. The van der Waals surface area contributed by atoms with Gasteiger partial charge < -0.3 is 5.73 Å². The second-order valence-corrected chi connectivity index (χ2v) is 6.89. The number of nitro groups is 1. The maximum absolute atomic E-state index is 12.0. The highest BCUT2D eigenvalue weighted by molar-refractivity contribution is 7.99. The third kappa shape index (κ3) is 4.08. The van der Waals surface area contributed by atoms with Gasteiger partial charge in [0, 0.05) is 23.9 Å².